The molecule has 0 aliphatic heterocycles. The number of oxazole rings is 1. The Bertz CT molecular complexity index is 372. The molecular formula is C13H22N2O4. The summed E-state index contributed by atoms with van der Waals surface area (Å²) in [5.74, 6) is -0.118. The Kier molecular flexibility index (Phi) is 6.95. The first-order valence-corrected chi connectivity index (χ1v) is 6.68. The number of carbonyl (C=O) groups is 1. The summed E-state index contributed by atoms with van der Waals surface area (Å²) in [7, 11) is 0. The lowest BCUT2D eigenvalue weighted by molar-refractivity contribution is 0.0519. The zero-order chi connectivity index (χ0) is 14.1. The van der Waals surface area contributed by atoms with Crippen LogP contribution in [0.25, 0.3) is 0 Å². The van der Waals surface area contributed by atoms with Gasteiger partial charge in [-0.25, -0.2) is 4.79 Å². The van der Waals surface area contributed by atoms with Crippen LogP contribution in [-0.2, 0) is 4.74 Å². The Labute approximate surface area is 113 Å². The number of nitrogens with one attached hydrogen (secondary N) is 1. The van der Waals surface area contributed by atoms with Crippen LogP contribution < -0.4 is 5.32 Å². The number of aromatic nitrogens is 1. The molecule has 1 aromatic heterocycles. The Hall–Kier alpha value is -1.56. The summed E-state index contributed by atoms with van der Waals surface area (Å²) in [5, 5.41) is 12.0. The molecular weight excluding hydrogens is 248 g/mol. The molecule has 1 rings (SSSR count). The van der Waals surface area contributed by atoms with Crippen molar-refractivity contribution in [2.45, 2.75) is 33.1 Å². The van der Waals surface area contributed by atoms with E-state index in [1.54, 1.807) is 6.92 Å². The largest absolute Gasteiger partial charge is 0.461 e. The van der Waals surface area contributed by atoms with Crippen LogP contribution in [0.5, 0.6) is 0 Å². The summed E-state index contributed by atoms with van der Waals surface area (Å²) in [6.07, 6.45) is 4.11. The molecule has 0 aromatic carbocycles. The van der Waals surface area contributed by atoms with Gasteiger partial charge in [-0.15, -0.1) is 0 Å². The molecule has 0 aliphatic rings. The molecule has 0 fully saturated rings. The lowest BCUT2D eigenvalue weighted by Crippen LogP contribution is -2.16. The summed E-state index contributed by atoms with van der Waals surface area (Å²) in [6, 6.07) is 0.307. The van der Waals surface area contributed by atoms with Crippen molar-refractivity contribution in [3.63, 3.8) is 0 Å². The van der Waals surface area contributed by atoms with Crippen molar-refractivity contribution in [3.05, 3.63) is 12.0 Å². The second-order valence-corrected chi connectivity index (χ2v) is 4.31. The molecule has 0 aliphatic carbocycles. The van der Waals surface area contributed by atoms with E-state index in [2.05, 4.69) is 17.2 Å². The molecule has 19 heavy (non-hydrogen) atoms. The first-order valence-electron chi connectivity index (χ1n) is 6.68. The van der Waals surface area contributed by atoms with Crippen molar-refractivity contribution in [2.75, 3.05) is 25.1 Å². The molecule has 1 aromatic rings. The van der Waals surface area contributed by atoms with E-state index in [1.165, 1.54) is 6.26 Å². The zero-order valence-corrected chi connectivity index (χ0v) is 11.5. The Balaban J connectivity index is 2.46. The molecule has 0 saturated carbocycles. The molecule has 1 heterocycles. The predicted octanol–water partition coefficient (Wildman–Crippen LogP) is 2.06. The zero-order valence-electron chi connectivity index (χ0n) is 11.5. The number of aliphatic hydroxyl groups excluding tert-OH is 1. The van der Waals surface area contributed by atoms with Crippen molar-refractivity contribution in [3.8, 4) is 0 Å². The Morgan fingerprint density at radius 1 is 1.53 bits per heavy atom. The number of carbonyl (C=O) groups excluding carboxylic acids is 1. The van der Waals surface area contributed by atoms with E-state index < -0.39 is 5.97 Å². The van der Waals surface area contributed by atoms with Gasteiger partial charge in [-0.05, 0) is 25.7 Å². The summed E-state index contributed by atoms with van der Waals surface area (Å²) in [4.78, 5) is 15.4. The molecule has 0 amide bonds. The van der Waals surface area contributed by atoms with Crippen molar-refractivity contribution in [2.24, 2.45) is 5.92 Å². The van der Waals surface area contributed by atoms with Gasteiger partial charge in [0, 0.05) is 13.2 Å². The van der Waals surface area contributed by atoms with Crippen LogP contribution in [0.1, 0.15) is 43.6 Å². The quantitative estimate of drug-likeness (QED) is 0.668. The average molecular weight is 270 g/mol. The molecule has 0 bridgehead atoms. The van der Waals surface area contributed by atoms with Gasteiger partial charge in [-0.1, -0.05) is 13.3 Å². The van der Waals surface area contributed by atoms with Crippen molar-refractivity contribution in [1.82, 2.24) is 4.98 Å². The van der Waals surface area contributed by atoms with Gasteiger partial charge in [0.2, 0.25) is 0 Å². The Morgan fingerprint density at radius 3 is 2.95 bits per heavy atom. The molecule has 0 radical (unpaired) electrons. The number of esters is 1. The minimum absolute atomic E-state index is 0.165. The summed E-state index contributed by atoms with van der Waals surface area (Å²) < 4.78 is 9.97. The summed E-state index contributed by atoms with van der Waals surface area (Å²) in [5.41, 5.74) is 0.165. The van der Waals surface area contributed by atoms with Gasteiger partial charge in [0.05, 0.1) is 6.61 Å². The number of nitrogens with zero attached hydrogens (tertiary/aromatic N) is 1. The fourth-order valence-corrected chi connectivity index (χ4v) is 1.82. The maximum atomic E-state index is 11.4. The Morgan fingerprint density at radius 2 is 2.32 bits per heavy atom. The van der Waals surface area contributed by atoms with Crippen LogP contribution in [0.15, 0.2) is 10.7 Å². The van der Waals surface area contributed by atoms with Gasteiger partial charge in [0.15, 0.2) is 5.69 Å². The minimum atomic E-state index is -0.486. The number of aliphatic hydroxyl groups is 1. The van der Waals surface area contributed by atoms with Crippen LogP contribution >= 0.6 is 0 Å². The van der Waals surface area contributed by atoms with E-state index in [-0.39, 0.29) is 12.3 Å². The van der Waals surface area contributed by atoms with E-state index in [4.69, 9.17) is 14.3 Å². The first kappa shape index (κ1) is 15.5. The van der Waals surface area contributed by atoms with Crippen LogP contribution in [-0.4, -0.2) is 35.8 Å². The van der Waals surface area contributed by atoms with E-state index in [1.807, 2.05) is 0 Å². The predicted molar refractivity (Wildman–Crippen MR) is 71.1 cm³/mol. The van der Waals surface area contributed by atoms with Crippen LogP contribution in [0, 0.1) is 5.92 Å². The third kappa shape index (κ3) is 5.30. The van der Waals surface area contributed by atoms with Crippen LogP contribution in [0.3, 0.4) is 0 Å². The molecule has 6 heteroatoms. The highest BCUT2D eigenvalue weighted by Gasteiger charge is 2.14. The fraction of sp³-hybridized carbons (Fsp3) is 0.692. The standard InChI is InChI=1S/C13H22N2O4/c1-3-5-10(6-7-16)8-14-13-15-11(9-19-13)12(17)18-4-2/h9-10,16H,3-8H2,1-2H3,(H,14,15). The van der Waals surface area contributed by atoms with Crippen LogP contribution in [0.2, 0.25) is 0 Å². The van der Waals surface area contributed by atoms with Gasteiger partial charge in [-0.2, -0.15) is 4.98 Å². The number of rotatable bonds is 9. The number of hydrogen-bond donors (Lipinski definition) is 2. The summed E-state index contributed by atoms with van der Waals surface area (Å²) in [6.45, 7) is 4.99. The third-order valence-electron chi connectivity index (χ3n) is 2.76. The lowest BCUT2D eigenvalue weighted by atomic mass is 10.0. The fourth-order valence-electron chi connectivity index (χ4n) is 1.82. The number of anilines is 1. The normalized spacial score (nSPS) is 12.2. The van der Waals surface area contributed by atoms with Gasteiger partial charge in [-0.3, -0.25) is 0 Å². The van der Waals surface area contributed by atoms with Gasteiger partial charge in [0.1, 0.15) is 6.26 Å². The SMILES string of the molecule is CCCC(CCO)CNc1nc(C(=O)OCC)co1. The number of ether oxygens (including phenoxy) is 1. The molecule has 0 spiro atoms. The monoisotopic (exact) mass is 270 g/mol. The van der Waals surface area contributed by atoms with Gasteiger partial charge >= 0.3 is 5.97 Å². The molecule has 108 valence electrons. The maximum absolute atomic E-state index is 11.4. The number of hydrogen-bond acceptors (Lipinski definition) is 6. The molecule has 1 atom stereocenters. The third-order valence-corrected chi connectivity index (χ3v) is 2.76. The van der Waals surface area contributed by atoms with Crippen molar-refractivity contribution in [1.29, 1.82) is 0 Å². The topological polar surface area (TPSA) is 84.6 Å². The second-order valence-electron chi connectivity index (χ2n) is 4.31. The molecule has 2 N–H and O–H groups in total. The highest BCUT2D eigenvalue weighted by Crippen LogP contribution is 2.14. The van der Waals surface area contributed by atoms with Crippen LogP contribution in [0.4, 0.5) is 6.01 Å². The van der Waals surface area contributed by atoms with Crippen molar-refractivity contribution < 1.29 is 19.1 Å². The highest BCUT2D eigenvalue weighted by molar-refractivity contribution is 5.87. The highest BCUT2D eigenvalue weighted by atomic mass is 16.5. The minimum Gasteiger partial charge on any atom is -0.461 e. The molecule has 1 unspecified atom stereocenters. The maximum Gasteiger partial charge on any atom is 0.360 e. The smallest absolute Gasteiger partial charge is 0.360 e. The van der Waals surface area contributed by atoms with E-state index in [0.29, 0.717) is 25.1 Å². The van der Waals surface area contributed by atoms with Gasteiger partial charge < -0.3 is 19.6 Å². The van der Waals surface area contributed by atoms with Crippen molar-refractivity contribution >= 4 is 12.0 Å². The molecule has 0 saturated heterocycles. The lowest BCUT2D eigenvalue weighted by Gasteiger charge is -2.14. The first-order chi connectivity index (χ1) is 9.21. The summed E-state index contributed by atoms with van der Waals surface area (Å²) >= 11 is 0. The molecule has 6 nitrogen and oxygen atoms in total. The van der Waals surface area contributed by atoms with E-state index in [0.717, 1.165) is 19.3 Å². The van der Waals surface area contributed by atoms with Gasteiger partial charge in [0.25, 0.3) is 6.01 Å². The average Bonchev–Trinajstić information content (AvgIpc) is 2.86. The van der Waals surface area contributed by atoms with E-state index in [9.17, 15) is 4.79 Å². The van der Waals surface area contributed by atoms with E-state index >= 15 is 0 Å². The second kappa shape index (κ2) is 8.53.